The van der Waals surface area contributed by atoms with Gasteiger partial charge in [0.1, 0.15) is 0 Å². The van der Waals surface area contributed by atoms with Gasteiger partial charge in [0.2, 0.25) is 0 Å². The van der Waals surface area contributed by atoms with Crippen molar-refractivity contribution in [2.75, 3.05) is 6.61 Å². The van der Waals surface area contributed by atoms with Crippen molar-refractivity contribution < 1.29 is 9.53 Å². The molecule has 0 aliphatic rings. The summed E-state index contributed by atoms with van der Waals surface area (Å²) in [5.41, 5.74) is 0.748. The van der Waals surface area contributed by atoms with Gasteiger partial charge >= 0.3 is 5.97 Å². The predicted octanol–water partition coefficient (Wildman–Crippen LogP) is 3.68. The van der Waals surface area contributed by atoms with E-state index >= 15 is 0 Å². The van der Waals surface area contributed by atoms with Gasteiger partial charge in [0.25, 0.3) is 0 Å². The van der Waals surface area contributed by atoms with E-state index in [2.05, 4.69) is 0 Å². The molecule has 0 fully saturated rings. The standard InChI is InChI=1S/C15H20O2/c1-15(2,3)14(16)17-12-8-7-11-13-9-5-4-6-10-13/h4-7,9-11H,8,12H2,1-3H3/b11-7+. The van der Waals surface area contributed by atoms with Gasteiger partial charge in [0.15, 0.2) is 0 Å². The molecule has 1 aromatic carbocycles. The maximum atomic E-state index is 11.5. The summed E-state index contributed by atoms with van der Waals surface area (Å²) in [4.78, 5) is 11.5. The number of ether oxygens (including phenoxy) is 1. The molecule has 0 amide bonds. The van der Waals surface area contributed by atoms with Crippen LogP contribution in [0.5, 0.6) is 0 Å². The average Bonchev–Trinajstić information content (AvgIpc) is 2.28. The lowest BCUT2D eigenvalue weighted by Gasteiger charge is -2.15. The fourth-order valence-electron chi connectivity index (χ4n) is 1.22. The van der Waals surface area contributed by atoms with Crippen molar-refractivity contribution in [3.63, 3.8) is 0 Å². The van der Waals surface area contributed by atoms with E-state index in [4.69, 9.17) is 4.74 Å². The van der Waals surface area contributed by atoms with Crippen LogP contribution in [-0.2, 0) is 9.53 Å². The highest BCUT2D eigenvalue weighted by Crippen LogP contribution is 2.15. The second-order valence-electron chi connectivity index (χ2n) is 4.99. The Morgan fingerprint density at radius 1 is 1.24 bits per heavy atom. The lowest BCUT2D eigenvalue weighted by Crippen LogP contribution is -2.23. The summed E-state index contributed by atoms with van der Waals surface area (Å²) in [7, 11) is 0. The summed E-state index contributed by atoms with van der Waals surface area (Å²) in [6.45, 7) is 6.01. The lowest BCUT2D eigenvalue weighted by atomic mass is 9.97. The summed E-state index contributed by atoms with van der Waals surface area (Å²) in [5.74, 6) is -0.148. The molecule has 0 radical (unpaired) electrons. The first-order chi connectivity index (χ1) is 8.00. The number of benzene rings is 1. The molecule has 0 heterocycles. The molecule has 1 rings (SSSR count). The summed E-state index contributed by atoms with van der Waals surface area (Å²) in [6.07, 6.45) is 4.80. The van der Waals surface area contributed by atoms with Gasteiger partial charge in [-0.2, -0.15) is 0 Å². The minimum absolute atomic E-state index is 0.148. The van der Waals surface area contributed by atoms with Gasteiger partial charge in [0.05, 0.1) is 12.0 Å². The molecule has 2 nitrogen and oxygen atoms in total. The van der Waals surface area contributed by atoms with Crippen molar-refractivity contribution in [3.8, 4) is 0 Å². The quantitative estimate of drug-likeness (QED) is 0.584. The highest BCUT2D eigenvalue weighted by Gasteiger charge is 2.22. The molecular weight excluding hydrogens is 212 g/mol. The molecule has 2 heteroatoms. The van der Waals surface area contributed by atoms with Crippen LogP contribution in [0.1, 0.15) is 32.8 Å². The van der Waals surface area contributed by atoms with E-state index in [0.29, 0.717) is 6.61 Å². The molecule has 0 atom stereocenters. The van der Waals surface area contributed by atoms with Crippen molar-refractivity contribution in [2.24, 2.45) is 5.41 Å². The van der Waals surface area contributed by atoms with Crippen LogP contribution in [0.15, 0.2) is 36.4 Å². The fourth-order valence-corrected chi connectivity index (χ4v) is 1.22. The minimum Gasteiger partial charge on any atom is -0.465 e. The van der Waals surface area contributed by atoms with E-state index in [1.54, 1.807) is 0 Å². The Bertz CT molecular complexity index is 372. The number of carbonyl (C=O) groups excluding carboxylic acids is 1. The fraction of sp³-hybridized carbons (Fsp3) is 0.400. The van der Waals surface area contributed by atoms with Gasteiger partial charge in [-0.3, -0.25) is 4.79 Å². The van der Waals surface area contributed by atoms with Gasteiger partial charge in [-0.1, -0.05) is 42.5 Å². The number of carbonyl (C=O) groups is 1. The molecule has 0 aliphatic carbocycles. The Morgan fingerprint density at radius 3 is 2.47 bits per heavy atom. The third-order valence-electron chi connectivity index (χ3n) is 2.24. The molecule has 0 N–H and O–H groups in total. The maximum absolute atomic E-state index is 11.5. The zero-order valence-corrected chi connectivity index (χ0v) is 10.8. The minimum atomic E-state index is -0.414. The third kappa shape index (κ3) is 5.34. The second kappa shape index (κ2) is 6.24. The highest BCUT2D eigenvalue weighted by atomic mass is 16.5. The van der Waals surface area contributed by atoms with Crippen molar-refractivity contribution in [2.45, 2.75) is 27.2 Å². The second-order valence-corrected chi connectivity index (χ2v) is 4.99. The third-order valence-corrected chi connectivity index (χ3v) is 2.24. The molecule has 0 unspecified atom stereocenters. The van der Waals surface area contributed by atoms with Gasteiger partial charge in [-0.25, -0.2) is 0 Å². The zero-order valence-electron chi connectivity index (χ0n) is 10.8. The Labute approximate surface area is 103 Å². The Hall–Kier alpha value is -1.57. The number of rotatable bonds is 4. The van der Waals surface area contributed by atoms with E-state index in [1.165, 1.54) is 0 Å². The van der Waals surface area contributed by atoms with Crippen LogP contribution >= 0.6 is 0 Å². The van der Waals surface area contributed by atoms with Crippen LogP contribution < -0.4 is 0 Å². The molecule has 0 spiro atoms. The smallest absolute Gasteiger partial charge is 0.311 e. The van der Waals surface area contributed by atoms with Crippen LogP contribution in [-0.4, -0.2) is 12.6 Å². The maximum Gasteiger partial charge on any atom is 0.311 e. The summed E-state index contributed by atoms with van der Waals surface area (Å²) >= 11 is 0. The van der Waals surface area contributed by atoms with Crippen LogP contribution in [0.3, 0.4) is 0 Å². The first-order valence-electron chi connectivity index (χ1n) is 5.89. The molecule has 17 heavy (non-hydrogen) atoms. The Balaban J connectivity index is 2.25. The molecule has 1 aromatic rings. The van der Waals surface area contributed by atoms with E-state index < -0.39 is 5.41 Å². The zero-order chi connectivity index (χ0) is 12.7. The van der Waals surface area contributed by atoms with E-state index in [0.717, 1.165) is 12.0 Å². The van der Waals surface area contributed by atoms with Gasteiger partial charge < -0.3 is 4.74 Å². The SMILES string of the molecule is CC(C)(C)C(=O)OCC/C=C/c1ccccc1. The van der Waals surface area contributed by atoms with Gasteiger partial charge in [-0.15, -0.1) is 0 Å². The lowest BCUT2D eigenvalue weighted by molar-refractivity contribution is -0.152. The molecular formula is C15H20O2. The predicted molar refractivity (Wildman–Crippen MR) is 70.5 cm³/mol. The summed E-state index contributed by atoms with van der Waals surface area (Å²) < 4.78 is 5.15. The van der Waals surface area contributed by atoms with E-state index in [1.807, 2.05) is 63.3 Å². The molecule has 0 saturated carbocycles. The first-order valence-corrected chi connectivity index (χ1v) is 5.89. The highest BCUT2D eigenvalue weighted by molar-refractivity contribution is 5.75. The van der Waals surface area contributed by atoms with Crippen LogP contribution in [0.2, 0.25) is 0 Å². The van der Waals surface area contributed by atoms with Crippen molar-refractivity contribution in [1.82, 2.24) is 0 Å². The normalized spacial score (nSPS) is 11.7. The monoisotopic (exact) mass is 232 g/mol. The van der Waals surface area contributed by atoms with Crippen LogP contribution in [0, 0.1) is 5.41 Å². The topological polar surface area (TPSA) is 26.3 Å². The molecule has 0 saturated heterocycles. The Morgan fingerprint density at radius 2 is 1.88 bits per heavy atom. The van der Waals surface area contributed by atoms with Crippen molar-refractivity contribution in [3.05, 3.63) is 42.0 Å². The number of hydrogen-bond donors (Lipinski definition) is 0. The number of hydrogen-bond acceptors (Lipinski definition) is 2. The first kappa shape index (κ1) is 13.5. The average molecular weight is 232 g/mol. The van der Waals surface area contributed by atoms with E-state index in [-0.39, 0.29) is 5.97 Å². The van der Waals surface area contributed by atoms with E-state index in [9.17, 15) is 4.79 Å². The largest absolute Gasteiger partial charge is 0.465 e. The summed E-state index contributed by atoms with van der Waals surface area (Å²) in [6, 6.07) is 10.1. The summed E-state index contributed by atoms with van der Waals surface area (Å²) in [5, 5.41) is 0. The van der Waals surface area contributed by atoms with Crippen LogP contribution in [0.4, 0.5) is 0 Å². The van der Waals surface area contributed by atoms with Gasteiger partial charge in [-0.05, 0) is 32.8 Å². The van der Waals surface area contributed by atoms with Gasteiger partial charge in [0, 0.05) is 0 Å². The molecule has 0 bridgehead atoms. The van der Waals surface area contributed by atoms with Crippen molar-refractivity contribution in [1.29, 1.82) is 0 Å². The van der Waals surface area contributed by atoms with Crippen molar-refractivity contribution >= 4 is 12.0 Å². The number of esters is 1. The molecule has 0 aliphatic heterocycles. The Kier molecular flexibility index (Phi) is 4.95. The molecule has 0 aromatic heterocycles. The van der Waals surface area contributed by atoms with Crippen LogP contribution in [0.25, 0.3) is 6.08 Å². The molecule has 92 valence electrons.